The number of hydrogen-bond donors (Lipinski definition) is 1. The third kappa shape index (κ3) is 4.10. The molecule has 1 aliphatic carbocycles. The van der Waals surface area contributed by atoms with Crippen molar-refractivity contribution in [3.63, 3.8) is 0 Å². The minimum Gasteiger partial charge on any atom is -0.491 e. The van der Waals surface area contributed by atoms with Gasteiger partial charge in [-0.3, -0.25) is 9.69 Å². The predicted molar refractivity (Wildman–Crippen MR) is 123 cm³/mol. The molecular weight excluding hydrogens is 386 g/mol. The van der Waals surface area contributed by atoms with Gasteiger partial charge in [0.2, 0.25) is 0 Å². The van der Waals surface area contributed by atoms with E-state index in [1.54, 1.807) is 0 Å². The van der Waals surface area contributed by atoms with Gasteiger partial charge in [0, 0.05) is 24.6 Å². The first-order chi connectivity index (χ1) is 15.2. The van der Waals surface area contributed by atoms with Crippen molar-refractivity contribution in [3.05, 3.63) is 76.9 Å². The smallest absolute Gasteiger partial charge is 0.167 e. The maximum atomic E-state index is 13.5. The lowest BCUT2D eigenvalue weighted by Crippen LogP contribution is -2.38. The van der Waals surface area contributed by atoms with Gasteiger partial charge in [0.25, 0.3) is 0 Å². The summed E-state index contributed by atoms with van der Waals surface area (Å²) >= 11 is 0. The molecule has 5 rings (SSSR count). The van der Waals surface area contributed by atoms with Crippen LogP contribution in [-0.2, 0) is 19.4 Å². The fourth-order valence-electron chi connectivity index (χ4n) is 5.21. The van der Waals surface area contributed by atoms with Crippen molar-refractivity contribution in [1.82, 2.24) is 4.90 Å². The van der Waals surface area contributed by atoms with Crippen LogP contribution in [0.1, 0.15) is 39.9 Å². The molecule has 0 aromatic heterocycles. The summed E-state index contributed by atoms with van der Waals surface area (Å²) in [7, 11) is 0. The van der Waals surface area contributed by atoms with Crippen LogP contribution in [0.2, 0.25) is 0 Å². The quantitative estimate of drug-likeness (QED) is 0.581. The molecule has 1 N–H and O–H groups in total. The van der Waals surface area contributed by atoms with Crippen molar-refractivity contribution in [1.29, 1.82) is 0 Å². The molecule has 1 aliphatic heterocycles. The molecule has 3 aromatic rings. The molecule has 3 aromatic carbocycles. The Morgan fingerprint density at radius 2 is 1.84 bits per heavy atom. The van der Waals surface area contributed by atoms with Crippen LogP contribution in [0.25, 0.3) is 10.8 Å². The van der Waals surface area contributed by atoms with Gasteiger partial charge in [-0.25, -0.2) is 0 Å². The highest BCUT2D eigenvalue weighted by Gasteiger charge is 2.28. The van der Waals surface area contributed by atoms with E-state index in [2.05, 4.69) is 47.4 Å². The fourth-order valence-corrected chi connectivity index (χ4v) is 5.21. The van der Waals surface area contributed by atoms with E-state index in [9.17, 15) is 4.79 Å². The average Bonchev–Trinajstić information content (AvgIpc) is 3.24. The van der Waals surface area contributed by atoms with E-state index in [1.807, 2.05) is 12.1 Å². The first kappa shape index (κ1) is 20.2. The largest absolute Gasteiger partial charge is 0.491 e. The molecule has 0 bridgehead atoms. The van der Waals surface area contributed by atoms with Crippen molar-refractivity contribution in [2.75, 3.05) is 26.3 Å². The maximum Gasteiger partial charge on any atom is 0.167 e. The van der Waals surface area contributed by atoms with Gasteiger partial charge in [0.15, 0.2) is 5.78 Å². The molecule has 0 amide bonds. The number of aliphatic hydroxyl groups is 1. The zero-order valence-corrected chi connectivity index (χ0v) is 17.8. The van der Waals surface area contributed by atoms with Crippen LogP contribution < -0.4 is 4.74 Å². The van der Waals surface area contributed by atoms with Gasteiger partial charge in [0.1, 0.15) is 12.4 Å². The summed E-state index contributed by atoms with van der Waals surface area (Å²) in [6.07, 6.45) is 4.19. The highest BCUT2D eigenvalue weighted by atomic mass is 16.5. The van der Waals surface area contributed by atoms with Crippen LogP contribution in [0.5, 0.6) is 5.75 Å². The van der Waals surface area contributed by atoms with E-state index >= 15 is 0 Å². The molecule has 4 nitrogen and oxygen atoms in total. The van der Waals surface area contributed by atoms with Crippen LogP contribution in [0.3, 0.4) is 0 Å². The number of aliphatic hydroxyl groups excluding tert-OH is 1. The topological polar surface area (TPSA) is 49.8 Å². The molecule has 1 fully saturated rings. The summed E-state index contributed by atoms with van der Waals surface area (Å²) in [6.45, 7) is 3.01. The SMILES string of the molecule is O=C(c1ccc2c3c(cccc13)CC2)[C@H]1CCCN(Cc2ccc(OCCO)cc2)C1. The molecule has 0 spiro atoms. The third-order valence-electron chi connectivity index (χ3n) is 6.71. The Hall–Kier alpha value is -2.69. The van der Waals surface area contributed by atoms with Gasteiger partial charge >= 0.3 is 0 Å². The van der Waals surface area contributed by atoms with Crippen LogP contribution >= 0.6 is 0 Å². The number of carbonyl (C=O) groups is 1. The van der Waals surface area contributed by atoms with Gasteiger partial charge in [-0.2, -0.15) is 0 Å². The van der Waals surface area contributed by atoms with E-state index in [4.69, 9.17) is 9.84 Å². The molecule has 0 radical (unpaired) electrons. The molecule has 0 unspecified atom stereocenters. The minimum atomic E-state index is 0.0181. The second kappa shape index (κ2) is 8.81. The van der Waals surface area contributed by atoms with Crippen LogP contribution in [0.4, 0.5) is 0 Å². The van der Waals surface area contributed by atoms with Crippen LogP contribution in [-0.4, -0.2) is 42.1 Å². The molecule has 1 heterocycles. The van der Waals surface area contributed by atoms with E-state index < -0.39 is 0 Å². The number of rotatable bonds is 7. The normalized spacial score (nSPS) is 18.4. The number of piperidine rings is 1. The minimum absolute atomic E-state index is 0.0181. The number of nitrogens with zero attached hydrogens (tertiary/aromatic N) is 1. The Balaban J connectivity index is 1.30. The summed E-state index contributed by atoms with van der Waals surface area (Å²) in [6, 6.07) is 18.7. The van der Waals surface area contributed by atoms with Gasteiger partial charge in [0.05, 0.1) is 6.61 Å². The average molecular weight is 416 g/mol. The lowest BCUT2D eigenvalue weighted by Gasteiger charge is -2.32. The predicted octanol–water partition coefficient (Wildman–Crippen LogP) is 4.40. The zero-order chi connectivity index (χ0) is 21.2. The van der Waals surface area contributed by atoms with E-state index in [0.717, 1.165) is 62.0 Å². The van der Waals surface area contributed by atoms with E-state index in [-0.39, 0.29) is 12.5 Å². The number of benzene rings is 3. The first-order valence-corrected chi connectivity index (χ1v) is 11.4. The molecule has 1 atom stereocenters. The Labute approximate surface area is 183 Å². The van der Waals surface area contributed by atoms with Crippen molar-refractivity contribution in [2.24, 2.45) is 5.92 Å². The molecular formula is C27H29NO3. The zero-order valence-electron chi connectivity index (χ0n) is 17.8. The summed E-state index contributed by atoms with van der Waals surface area (Å²) < 4.78 is 5.45. The van der Waals surface area contributed by atoms with Crippen LogP contribution in [0.15, 0.2) is 54.6 Å². The third-order valence-corrected chi connectivity index (χ3v) is 6.71. The Morgan fingerprint density at radius 1 is 1.03 bits per heavy atom. The van der Waals surface area contributed by atoms with Gasteiger partial charge in [-0.05, 0) is 71.8 Å². The fraction of sp³-hybridized carbons (Fsp3) is 0.370. The number of hydrogen-bond acceptors (Lipinski definition) is 4. The lowest BCUT2D eigenvalue weighted by atomic mass is 9.87. The molecule has 1 saturated heterocycles. The summed E-state index contributed by atoms with van der Waals surface area (Å²) in [5, 5.41) is 11.3. The molecule has 2 aliphatic rings. The van der Waals surface area contributed by atoms with Crippen molar-refractivity contribution < 1.29 is 14.6 Å². The van der Waals surface area contributed by atoms with Crippen molar-refractivity contribution in [3.8, 4) is 5.75 Å². The number of carbonyl (C=O) groups excluding carboxylic acids is 1. The van der Waals surface area contributed by atoms with Crippen molar-refractivity contribution >= 4 is 16.6 Å². The number of ketones is 1. The van der Waals surface area contributed by atoms with Gasteiger partial charge in [-0.15, -0.1) is 0 Å². The van der Waals surface area contributed by atoms with Gasteiger partial charge in [-0.1, -0.05) is 42.5 Å². The molecule has 31 heavy (non-hydrogen) atoms. The highest BCUT2D eigenvalue weighted by Crippen LogP contribution is 2.34. The van der Waals surface area contributed by atoms with Crippen LogP contribution in [0, 0.1) is 5.92 Å². The van der Waals surface area contributed by atoms with E-state index in [1.165, 1.54) is 22.1 Å². The Kier molecular flexibility index (Phi) is 5.75. The molecule has 160 valence electrons. The summed E-state index contributed by atoms with van der Waals surface area (Å²) in [4.78, 5) is 15.9. The van der Waals surface area contributed by atoms with Gasteiger partial charge < -0.3 is 9.84 Å². The molecule has 4 heteroatoms. The number of Topliss-reactive ketones (excluding diaryl/α,β-unsaturated/α-hetero) is 1. The Bertz CT molecular complexity index is 1080. The Morgan fingerprint density at radius 3 is 2.65 bits per heavy atom. The number of likely N-dealkylation sites (tertiary alicyclic amines) is 1. The second-order valence-electron chi connectivity index (χ2n) is 8.77. The highest BCUT2D eigenvalue weighted by molar-refractivity contribution is 6.11. The summed E-state index contributed by atoms with van der Waals surface area (Å²) in [5.74, 6) is 1.13. The van der Waals surface area contributed by atoms with Crippen molar-refractivity contribution in [2.45, 2.75) is 32.2 Å². The monoisotopic (exact) mass is 415 g/mol. The number of aryl methyl sites for hydroxylation is 2. The maximum absolute atomic E-state index is 13.5. The second-order valence-corrected chi connectivity index (χ2v) is 8.77. The number of ether oxygens (including phenoxy) is 1. The lowest BCUT2D eigenvalue weighted by molar-refractivity contribution is 0.0813. The standard InChI is InChI=1S/C27H29NO3/c29-15-16-31-23-11-6-19(7-12-23)17-28-14-2-4-22(18-28)27(30)25-13-10-21-9-8-20-3-1-5-24(25)26(20)21/h1,3,5-7,10-13,22,29H,2,4,8-9,14-18H2/t22-/m0/s1. The summed E-state index contributed by atoms with van der Waals surface area (Å²) in [5.41, 5.74) is 4.90. The molecule has 0 saturated carbocycles. The van der Waals surface area contributed by atoms with E-state index in [0.29, 0.717) is 12.4 Å². The first-order valence-electron chi connectivity index (χ1n) is 11.4.